The Balaban J connectivity index is 1.62. The lowest BCUT2D eigenvalue weighted by molar-refractivity contribution is 0.220. The second-order valence-corrected chi connectivity index (χ2v) is 6.50. The van der Waals surface area contributed by atoms with E-state index in [1.165, 1.54) is 22.5 Å². The Kier molecular flexibility index (Phi) is 4.91. The van der Waals surface area contributed by atoms with Crippen LogP contribution in [0.15, 0.2) is 60.0 Å². The summed E-state index contributed by atoms with van der Waals surface area (Å²) in [7, 11) is 1.78. The van der Waals surface area contributed by atoms with Crippen LogP contribution >= 0.6 is 11.3 Å². The number of hydrogen-bond donors (Lipinski definition) is 1. The van der Waals surface area contributed by atoms with Crippen molar-refractivity contribution in [3.05, 3.63) is 71.2 Å². The van der Waals surface area contributed by atoms with E-state index in [4.69, 9.17) is 0 Å². The molecule has 3 aromatic rings. The summed E-state index contributed by atoms with van der Waals surface area (Å²) in [6, 6.07) is 18.4. The van der Waals surface area contributed by atoms with Gasteiger partial charge < -0.3 is 4.90 Å². The first-order valence-electron chi connectivity index (χ1n) is 7.70. The minimum absolute atomic E-state index is 0.156. The molecule has 0 saturated carbocycles. The Morgan fingerprint density at radius 2 is 1.75 bits per heavy atom. The largest absolute Gasteiger partial charge is 0.323 e. The van der Waals surface area contributed by atoms with Gasteiger partial charge in [-0.2, -0.15) is 0 Å². The monoisotopic (exact) mass is 337 g/mol. The topological polar surface area (TPSA) is 45.2 Å². The van der Waals surface area contributed by atoms with Crippen molar-refractivity contribution in [1.82, 2.24) is 9.88 Å². The number of rotatable bonds is 4. The third kappa shape index (κ3) is 4.00. The molecule has 0 saturated heterocycles. The molecule has 1 heterocycles. The molecule has 0 aliphatic heterocycles. The molecule has 24 heavy (non-hydrogen) atoms. The van der Waals surface area contributed by atoms with Crippen LogP contribution in [-0.4, -0.2) is 23.0 Å². The van der Waals surface area contributed by atoms with E-state index in [2.05, 4.69) is 46.7 Å². The van der Waals surface area contributed by atoms with E-state index in [-0.39, 0.29) is 6.03 Å². The van der Waals surface area contributed by atoms with Gasteiger partial charge in [0.25, 0.3) is 0 Å². The Labute approximate surface area is 145 Å². The number of carbonyl (C=O) groups excluding carboxylic acids is 1. The zero-order valence-electron chi connectivity index (χ0n) is 13.7. The van der Waals surface area contributed by atoms with Crippen LogP contribution < -0.4 is 5.32 Å². The molecular formula is C19H19N3OS. The fraction of sp³-hybridized carbons (Fsp3) is 0.158. The van der Waals surface area contributed by atoms with Gasteiger partial charge in [-0.05, 0) is 23.6 Å². The predicted octanol–water partition coefficient (Wildman–Crippen LogP) is 4.78. The van der Waals surface area contributed by atoms with Crippen LogP contribution in [-0.2, 0) is 6.54 Å². The van der Waals surface area contributed by atoms with Gasteiger partial charge in [-0.3, -0.25) is 5.32 Å². The van der Waals surface area contributed by atoms with Crippen molar-refractivity contribution in [1.29, 1.82) is 0 Å². The molecule has 0 aliphatic rings. The van der Waals surface area contributed by atoms with Gasteiger partial charge in [0.05, 0.1) is 5.69 Å². The molecule has 0 fully saturated rings. The van der Waals surface area contributed by atoms with E-state index in [0.717, 1.165) is 11.3 Å². The Bertz CT molecular complexity index is 812. The summed E-state index contributed by atoms with van der Waals surface area (Å²) in [5.41, 5.74) is 4.36. The van der Waals surface area contributed by atoms with Crippen molar-refractivity contribution in [3.8, 4) is 11.1 Å². The molecule has 4 nitrogen and oxygen atoms in total. The molecule has 1 N–H and O–H groups in total. The minimum Gasteiger partial charge on any atom is -0.323 e. The zero-order valence-corrected chi connectivity index (χ0v) is 14.5. The average molecular weight is 337 g/mol. The number of amides is 2. The Morgan fingerprint density at radius 1 is 1.08 bits per heavy atom. The van der Waals surface area contributed by atoms with Crippen molar-refractivity contribution in [3.63, 3.8) is 0 Å². The third-order valence-electron chi connectivity index (χ3n) is 3.66. The molecule has 2 amide bonds. The number of aryl methyl sites for hydroxylation is 1. The minimum atomic E-state index is -0.156. The van der Waals surface area contributed by atoms with Crippen molar-refractivity contribution < 1.29 is 4.79 Å². The van der Waals surface area contributed by atoms with E-state index in [1.54, 1.807) is 11.9 Å². The lowest BCUT2D eigenvalue weighted by Gasteiger charge is -2.17. The van der Waals surface area contributed by atoms with Crippen molar-refractivity contribution in [2.45, 2.75) is 13.5 Å². The van der Waals surface area contributed by atoms with Crippen LogP contribution in [0.25, 0.3) is 11.1 Å². The number of thiazole rings is 1. The van der Waals surface area contributed by atoms with E-state index >= 15 is 0 Å². The van der Waals surface area contributed by atoms with Gasteiger partial charge in [-0.25, -0.2) is 9.78 Å². The van der Waals surface area contributed by atoms with Crippen LogP contribution in [0.2, 0.25) is 0 Å². The molecular weight excluding hydrogens is 318 g/mol. The smallest absolute Gasteiger partial charge is 0.323 e. The van der Waals surface area contributed by atoms with Gasteiger partial charge in [0.1, 0.15) is 0 Å². The van der Waals surface area contributed by atoms with Crippen molar-refractivity contribution in [2.75, 3.05) is 12.4 Å². The van der Waals surface area contributed by atoms with Crippen LogP contribution in [0.4, 0.5) is 9.93 Å². The number of carbonyl (C=O) groups is 1. The summed E-state index contributed by atoms with van der Waals surface area (Å²) >= 11 is 1.43. The highest BCUT2D eigenvalue weighted by molar-refractivity contribution is 7.13. The van der Waals surface area contributed by atoms with Crippen LogP contribution in [0.3, 0.4) is 0 Å². The number of nitrogens with one attached hydrogen (secondary N) is 1. The van der Waals surface area contributed by atoms with Crippen molar-refractivity contribution in [2.24, 2.45) is 0 Å². The molecule has 122 valence electrons. The number of benzene rings is 2. The lowest BCUT2D eigenvalue weighted by atomic mass is 10.0. The summed E-state index contributed by atoms with van der Waals surface area (Å²) < 4.78 is 0. The number of nitrogens with zero attached hydrogens (tertiary/aromatic N) is 2. The van der Waals surface area contributed by atoms with E-state index in [9.17, 15) is 4.79 Å². The molecule has 0 aliphatic carbocycles. The molecule has 5 heteroatoms. The second kappa shape index (κ2) is 7.27. The highest BCUT2D eigenvalue weighted by Crippen LogP contribution is 2.20. The number of aromatic nitrogens is 1. The molecule has 0 unspecified atom stereocenters. The van der Waals surface area contributed by atoms with Crippen LogP contribution in [0, 0.1) is 6.92 Å². The van der Waals surface area contributed by atoms with E-state index in [1.807, 2.05) is 30.5 Å². The van der Waals surface area contributed by atoms with Gasteiger partial charge in [0.15, 0.2) is 5.13 Å². The van der Waals surface area contributed by atoms with Crippen LogP contribution in [0.1, 0.15) is 11.3 Å². The lowest BCUT2D eigenvalue weighted by Crippen LogP contribution is -2.30. The average Bonchev–Trinajstić information content (AvgIpc) is 3.01. The molecule has 2 aromatic carbocycles. The van der Waals surface area contributed by atoms with Gasteiger partial charge in [0, 0.05) is 19.0 Å². The standard InChI is InChI=1S/C19H19N3OS/c1-14-13-24-18(20-14)21-19(23)22(2)12-15-8-10-17(11-9-15)16-6-4-3-5-7-16/h3-11,13H,12H2,1-2H3,(H,20,21,23). The first-order chi connectivity index (χ1) is 11.6. The quantitative estimate of drug-likeness (QED) is 0.744. The molecule has 0 bridgehead atoms. The fourth-order valence-corrected chi connectivity index (χ4v) is 3.05. The summed E-state index contributed by atoms with van der Waals surface area (Å²) in [4.78, 5) is 18.1. The summed E-state index contributed by atoms with van der Waals surface area (Å²) in [5.74, 6) is 0. The van der Waals surface area contributed by atoms with E-state index in [0.29, 0.717) is 11.7 Å². The van der Waals surface area contributed by atoms with Gasteiger partial charge in [-0.15, -0.1) is 11.3 Å². The summed E-state index contributed by atoms with van der Waals surface area (Å²) in [5, 5.41) is 5.36. The molecule has 0 spiro atoms. The number of anilines is 1. The Hall–Kier alpha value is -2.66. The number of hydrogen-bond acceptors (Lipinski definition) is 3. The first kappa shape index (κ1) is 16.2. The maximum absolute atomic E-state index is 12.2. The molecule has 0 radical (unpaired) electrons. The maximum Gasteiger partial charge on any atom is 0.323 e. The highest BCUT2D eigenvalue weighted by Gasteiger charge is 2.11. The molecule has 3 rings (SSSR count). The predicted molar refractivity (Wildman–Crippen MR) is 99.2 cm³/mol. The van der Waals surface area contributed by atoms with Gasteiger partial charge in [0.2, 0.25) is 0 Å². The zero-order chi connectivity index (χ0) is 16.9. The highest BCUT2D eigenvalue weighted by atomic mass is 32.1. The normalized spacial score (nSPS) is 10.4. The number of urea groups is 1. The van der Waals surface area contributed by atoms with E-state index < -0.39 is 0 Å². The third-order valence-corrected chi connectivity index (χ3v) is 4.54. The fourth-order valence-electron chi connectivity index (χ4n) is 2.38. The van der Waals surface area contributed by atoms with Gasteiger partial charge >= 0.3 is 6.03 Å². The Morgan fingerprint density at radius 3 is 2.38 bits per heavy atom. The van der Waals surface area contributed by atoms with Crippen molar-refractivity contribution >= 4 is 22.5 Å². The van der Waals surface area contributed by atoms with Crippen LogP contribution in [0.5, 0.6) is 0 Å². The maximum atomic E-state index is 12.2. The summed E-state index contributed by atoms with van der Waals surface area (Å²) in [6.45, 7) is 2.45. The van der Waals surface area contributed by atoms with Gasteiger partial charge in [-0.1, -0.05) is 54.6 Å². The molecule has 0 atom stereocenters. The SMILES string of the molecule is Cc1csc(NC(=O)N(C)Cc2ccc(-c3ccccc3)cc2)n1. The second-order valence-electron chi connectivity index (χ2n) is 5.64. The summed E-state index contributed by atoms with van der Waals surface area (Å²) in [6.07, 6.45) is 0. The first-order valence-corrected chi connectivity index (χ1v) is 8.58. The molecule has 1 aromatic heterocycles.